The first-order chi connectivity index (χ1) is 8.00. The van der Waals surface area contributed by atoms with Crippen LogP contribution in [-0.4, -0.2) is 5.11 Å². The van der Waals surface area contributed by atoms with Crippen molar-refractivity contribution in [2.24, 2.45) is 0 Å². The van der Waals surface area contributed by atoms with Gasteiger partial charge in [-0.1, -0.05) is 29.8 Å². The van der Waals surface area contributed by atoms with Gasteiger partial charge in [-0.2, -0.15) is 0 Å². The minimum Gasteiger partial charge on any atom is -0.383 e. The largest absolute Gasteiger partial charge is 0.383 e. The van der Waals surface area contributed by atoms with Crippen LogP contribution in [0.5, 0.6) is 0 Å². The van der Waals surface area contributed by atoms with Crippen LogP contribution in [0.1, 0.15) is 33.2 Å². The van der Waals surface area contributed by atoms with Gasteiger partial charge in [0.05, 0.1) is 4.34 Å². The highest BCUT2D eigenvalue weighted by molar-refractivity contribution is 7.16. The highest BCUT2D eigenvalue weighted by Gasteiger charge is 2.18. The summed E-state index contributed by atoms with van der Waals surface area (Å²) < 4.78 is 0.755. The van der Waals surface area contributed by atoms with E-state index in [2.05, 4.69) is 0 Å². The van der Waals surface area contributed by atoms with E-state index in [1.165, 1.54) is 11.3 Å². The van der Waals surface area contributed by atoms with Crippen molar-refractivity contribution in [2.45, 2.75) is 26.9 Å². The van der Waals surface area contributed by atoms with Gasteiger partial charge in [0, 0.05) is 4.88 Å². The monoisotopic (exact) mass is 266 g/mol. The molecule has 0 bridgehead atoms. The van der Waals surface area contributed by atoms with Crippen LogP contribution in [0.25, 0.3) is 0 Å². The molecule has 0 radical (unpaired) electrons. The van der Waals surface area contributed by atoms with E-state index < -0.39 is 6.10 Å². The van der Waals surface area contributed by atoms with Gasteiger partial charge in [0.1, 0.15) is 6.10 Å². The molecule has 0 saturated carbocycles. The second-order valence-electron chi connectivity index (χ2n) is 4.31. The Balaban J connectivity index is 2.47. The van der Waals surface area contributed by atoms with E-state index in [1.54, 1.807) is 0 Å². The topological polar surface area (TPSA) is 20.2 Å². The fourth-order valence-corrected chi connectivity index (χ4v) is 3.23. The summed E-state index contributed by atoms with van der Waals surface area (Å²) in [5.41, 5.74) is 4.24. The molecule has 0 fully saturated rings. The number of rotatable bonds is 2. The van der Waals surface area contributed by atoms with E-state index in [9.17, 15) is 5.11 Å². The average Bonchev–Trinajstić information content (AvgIpc) is 2.59. The van der Waals surface area contributed by atoms with E-state index in [1.807, 2.05) is 45.0 Å². The van der Waals surface area contributed by atoms with Crippen molar-refractivity contribution < 1.29 is 5.11 Å². The lowest BCUT2D eigenvalue weighted by atomic mass is 9.97. The van der Waals surface area contributed by atoms with Crippen LogP contribution in [0.2, 0.25) is 4.34 Å². The molecule has 0 amide bonds. The van der Waals surface area contributed by atoms with Gasteiger partial charge in [-0.05, 0) is 49.1 Å². The van der Waals surface area contributed by atoms with Crippen molar-refractivity contribution in [3.8, 4) is 0 Å². The molecule has 17 heavy (non-hydrogen) atoms. The zero-order valence-corrected chi connectivity index (χ0v) is 11.7. The Labute approximate surface area is 111 Å². The average molecular weight is 267 g/mol. The number of thiophene rings is 1. The maximum Gasteiger partial charge on any atom is 0.114 e. The molecule has 1 heterocycles. The van der Waals surface area contributed by atoms with Gasteiger partial charge >= 0.3 is 0 Å². The SMILES string of the molecule is Cc1cc(C(O)c2c(C)cccc2C)sc1Cl. The van der Waals surface area contributed by atoms with Crippen molar-refractivity contribution >= 4 is 22.9 Å². The summed E-state index contributed by atoms with van der Waals surface area (Å²) in [6.45, 7) is 6.00. The molecule has 2 rings (SSSR count). The molecule has 1 aromatic carbocycles. The molecule has 1 atom stereocenters. The molecule has 1 aromatic heterocycles. The quantitative estimate of drug-likeness (QED) is 0.854. The van der Waals surface area contributed by atoms with Gasteiger partial charge in [-0.25, -0.2) is 0 Å². The van der Waals surface area contributed by atoms with E-state index in [4.69, 9.17) is 11.6 Å². The third kappa shape index (κ3) is 2.39. The third-order valence-electron chi connectivity index (χ3n) is 2.96. The summed E-state index contributed by atoms with van der Waals surface area (Å²) in [5, 5.41) is 10.4. The van der Waals surface area contributed by atoms with Crippen LogP contribution in [0.3, 0.4) is 0 Å². The molecule has 0 saturated heterocycles. The number of aryl methyl sites for hydroxylation is 3. The first kappa shape index (κ1) is 12.6. The van der Waals surface area contributed by atoms with Crippen molar-refractivity contribution in [1.82, 2.24) is 0 Å². The molecule has 0 aliphatic carbocycles. The molecule has 90 valence electrons. The Morgan fingerprint density at radius 2 is 1.71 bits per heavy atom. The summed E-state index contributed by atoms with van der Waals surface area (Å²) in [7, 11) is 0. The summed E-state index contributed by atoms with van der Waals surface area (Å²) in [6, 6.07) is 8.01. The molecule has 2 aromatic rings. The van der Waals surface area contributed by atoms with E-state index >= 15 is 0 Å². The number of aliphatic hydroxyl groups excluding tert-OH is 1. The minimum absolute atomic E-state index is 0.576. The van der Waals surface area contributed by atoms with Crippen molar-refractivity contribution in [3.05, 3.63) is 55.7 Å². The Morgan fingerprint density at radius 1 is 1.12 bits per heavy atom. The third-order valence-corrected chi connectivity index (χ3v) is 4.57. The number of aliphatic hydroxyl groups is 1. The Bertz CT molecular complexity index is 505. The standard InChI is InChI=1S/C14H15ClOS/c1-8-5-4-6-9(2)12(8)13(16)11-7-10(3)14(15)17-11/h4-7,13,16H,1-3H3. The van der Waals surface area contributed by atoms with Gasteiger partial charge in [0.15, 0.2) is 0 Å². The van der Waals surface area contributed by atoms with Crippen LogP contribution in [0.15, 0.2) is 24.3 Å². The summed E-state index contributed by atoms with van der Waals surface area (Å²) >= 11 is 7.50. The summed E-state index contributed by atoms with van der Waals surface area (Å²) in [5.74, 6) is 0. The fraction of sp³-hybridized carbons (Fsp3) is 0.286. The molecule has 1 unspecified atom stereocenters. The highest BCUT2D eigenvalue weighted by Crippen LogP contribution is 2.36. The highest BCUT2D eigenvalue weighted by atomic mass is 35.5. The Hall–Kier alpha value is -0.830. The van der Waals surface area contributed by atoms with Gasteiger partial charge in [0.25, 0.3) is 0 Å². The van der Waals surface area contributed by atoms with E-state index in [0.29, 0.717) is 0 Å². The summed E-state index contributed by atoms with van der Waals surface area (Å²) in [6.07, 6.45) is -0.576. The van der Waals surface area contributed by atoms with Gasteiger partial charge in [-0.3, -0.25) is 0 Å². The van der Waals surface area contributed by atoms with Crippen LogP contribution < -0.4 is 0 Å². The molecule has 1 nitrogen and oxygen atoms in total. The van der Waals surface area contributed by atoms with Crippen LogP contribution >= 0.6 is 22.9 Å². The van der Waals surface area contributed by atoms with Crippen molar-refractivity contribution in [2.75, 3.05) is 0 Å². The molecule has 0 aliphatic heterocycles. The van der Waals surface area contributed by atoms with Crippen LogP contribution in [-0.2, 0) is 0 Å². The Morgan fingerprint density at radius 3 is 2.18 bits per heavy atom. The normalized spacial score (nSPS) is 12.8. The van der Waals surface area contributed by atoms with Crippen molar-refractivity contribution in [3.63, 3.8) is 0 Å². The lowest BCUT2D eigenvalue weighted by molar-refractivity contribution is 0.222. The smallest absolute Gasteiger partial charge is 0.114 e. The number of hydrogen-bond donors (Lipinski definition) is 1. The van der Waals surface area contributed by atoms with Gasteiger partial charge < -0.3 is 5.11 Å². The molecule has 0 spiro atoms. The molecule has 1 N–H and O–H groups in total. The maximum absolute atomic E-state index is 10.4. The lowest BCUT2D eigenvalue weighted by Crippen LogP contribution is -2.02. The molecular formula is C14H15ClOS. The molecular weight excluding hydrogens is 252 g/mol. The number of hydrogen-bond acceptors (Lipinski definition) is 2. The first-order valence-electron chi connectivity index (χ1n) is 5.50. The van der Waals surface area contributed by atoms with E-state index in [0.717, 1.165) is 31.5 Å². The minimum atomic E-state index is -0.576. The predicted octanol–water partition coefficient (Wildman–Crippen LogP) is 4.41. The maximum atomic E-state index is 10.4. The zero-order chi connectivity index (χ0) is 12.6. The number of benzene rings is 1. The van der Waals surface area contributed by atoms with Crippen LogP contribution in [0, 0.1) is 20.8 Å². The van der Waals surface area contributed by atoms with E-state index in [-0.39, 0.29) is 0 Å². The predicted molar refractivity (Wildman–Crippen MR) is 74.0 cm³/mol. The summed E-state index contributed by atoms with van der Waals surface area (Å²) in [4.78, 5) is 0.907. The second-order valence-corrected chi connectivity index (χ2v) is 6.00. The van der Waals surface area contributed by atoms with Gasteiger partial charge in [0.2, 0.25) is 0 Å². The van der Waals surface area contributed by atoms with Crippen molar-refractivity contribution in [1.29, 1.82) is 0 Å². The molecule has 0 aliphatic rings. The van der Waals surface area contributed by atoms with Crippen LogP contribution in [0.4, 0.5) is 0 Å². The lowest BCUT2D eigenvalue weighted by Gasteiger charge is -2.15. The fourth-order valence-electron chi connectivity index (χ4n) is 2.02. The second kappa shape index (κ2) is 4.81. The van der Waals surface area contributed by atoms with Gasteiger partial charge in [-0.15, -0.1) is 11.3 Å². The Kier molecular flexibility index (Phi) is 3.57. The zero-order valence-electron chi connectivity index (χ0n) is 10.1. The number of halogens is 1. The first-order valence-corrected chi connectivity index (χ1v) is 6.70. The molecule has 3 heteroatoms.